The Balaban J connectivity index is 1.46. The van der Waals surface area contributed by atoms with Gasteiger partial charge in [-0.15, -0.1) is 20.5 Å². The molecule has 0 unspecified atom stereocenters. The zero-order chi connectivity index (χ0) is 28.5. The standard InChI is InChI=1S/C28H44N4O6/c1-25(2)13-21(14-26(3,4)31(25)35)37-23(33)29-17-19-10-9-11-20(12-19)18-30-24(34)38-22-15-27(5,6)32(36)28(7,8)16-22/h9-12,21-22H,13-18H2,1-8H3,(H,29,33)(H,30,34). The molecule has 0 aliphatic carbocycles. The van der Waals surface area contributed by atoms with Crippen LogP contribution in [-0.2, 0) is 33.0 Å². The van der Waals surface area contributed by atoms with Gasteiger partial charge in [0.1, 0.15) is 12.2 Å². The lowest BCUT2D eigenvalue weighted by Crippen LogP contribution is -2.60. The van der Waals surface area contributed by atoms with Crippen LogP contribution in [0, 0.1) is 0 Å². The van der Waals surface area contributed by atoms with Gasteiger partial charge < -0.3 is 20.1 Å². The summed E-state index contributed by atoms with van der Waals surface area (Å²) in [5.41, 5.74) is -0.750. The summed E-state index contributed by atoms with van der Waals surface area (Å²) >= 11 is 0. The van der Waals surface area contributed by atoms with Gasteiger partial charge in [-0.2, -0.15) is 0 Å². The van der Waals surface area contributed by atoms with Crippen molar-refractivity contribution in [3.8, 4) is 0 Å². The average molecular weight is 533 g/mol. The van der Waals surface area contributed by atoms with Gasteiger partial charge in [0.2, 0.25) is 0 Å². The fraction of sp³-hybridized carbons (Fsp3) is 0.714. The summed E-state index contributed by atoms with van der Waals surface area (Å²) in [7, 11) is 0. The van der Waals surface area contributed by atoms with Crippen LogP contribution in [0.2, 0.25) is 0 Å². The summed E-state index contributed by atoms with van der Waals surface area (Å²) in [4.78, 5) is 24.9. The molecule has 38 heavy (non-hydrogen) atoms. The summed E-state index contributed by atoms with van der Waals surface area (Å²) < 4.78 is 11.3. The fourth-order valence-corrected chi connectivity index (χ4v) is 6.09. The second kappa shape index (κ2) is 11.0. The van der Waals surface area contributed by atoms with Crippen molar-refractivity contribution in [2.24, 2.45) is 0 Å². The van der Waals surface area contributed by atoms with Crippen LogP contribution in [-0.4, -0.2) is 56.7 Å². The Kier molecular flexibility index (Phi) is 8.72. The summed E-state index contributed by atoms with van der Waals surface area (Å²) in [5.74, 6) is 0. The normalized spacial score (nSPS) is 23.4. The molecule has 2 N–H and O–H groups in total. The Labute approximate surface area is 226 Å². The van der Waals surface area contributed by atoms with Crippen LogP contribution in [0.4, 0.5) is 9.59 Å². The molecule has 0 aromatic heterocycles. The summed E-state index contributed by atoms with van der Waals surface area (Å²) in [6.45, 7) is 15.4. The van der Waals surface area contributed by atoms with E-state index < -0.39 is 34.3 Å². The van der Waals surface area contributed by atoms with E-state index in [-0.39, 0.29) is 25.3 Å². The van der Waals surface area contributed by atoms with Crippen LogP contribution in [0.3, 0.4) is 0 Å². The van der Waals surface area contributed by atoms with Gasteiger partial charge in [0.15, 0.2) is 0 Å². The van der Waals surface area contributed by atoms with Gasteiger partial charge in [-0.3, -0.25) is 0 Å². The molecule has 1 aromatic carbocycles. The number of carbonyl (C=O) groups is 2. The van der Waals surface area contributed by atoms with E-state index in [1.165, 1.54) is 0 Å². The Morgan fingerprint density at radius 1 is 0.711 bits per heavy atom. The minimum absolute atomic E-state index is 0.266. The smallest absolute Gasteiger partial charge is 0.407 e. The number of alkyl carbamates (subject to hydrolysis) is 2. The van der Waals surface area contributed by atoms with Gasteiger partial charge in [0, 0.05) is 60.9 Å². The number of hydrogen-bond donors (Lipinski definition) is 2. The van der Waals surface area contributed by atoms with Gasteiger partial charge in [-0.05, 0) is 66.5 Å². The van der Waals surface area contributed by atoms with Crippen LogP contribution in [0.1, 0.15) is 92.2 Å². The largest absolute Gasteiger partial charge is 0.446 e. The number of nitrogens with one attached hydrogen (secondary N) is 2. The monoisotopic (exact) mass is 532 g/mol. The zero-order valence-electron chi connectivity index (χ0n) is 24.1. The first-order chi connectivity index (χ1) is 17.4. The molecule has 212 valence electrons. The molecule has 2 aliphatic rings. The van der Waals surface area contributed by atoms with E-state index in [2.05, 4.69) is 10.6 Å². The molecule has 0 spiro atoms. The first kappa shape index (κ1) is 30.1. The van der Waals surface area contributed by atoms with E-state index in [1.807, 2.05) is 79.7 Å². The second-order valence-corrected chi connectivity index (χ2v) is 13.2. The van der Waals surface area contributed by atoms with E-state index in [4.69, 9.17) is 9.47 Å². The van der Waals surface area contributed by atoms with E-state index in [1.54, 1.807) is 0 Å². The fourth-order valence-electron chi connectivity index (χ4n) is 6.09. The first-order valence-corrected chi connectivity index (χ1v) is 13.3. The number of nitrogens with zero attached hydrogens (tertiary/aromatic N) is 2. The van der Waals surface area contributed by atoms with E-state index in [0.29, 0.717) is 25.7 Å². The number of piperidine rings is 2. The van der Waals surface area contributed by atoms with Crippen molar-refractivity contribution in [3.63, 3.8) is 0 Å². The molecule has 2 radical (unpaired) electrons. The molecule has 0 bridgehead atoms. The van der Waals surface area contributed by atoms with Crippen molar-refractivity contribution in [1.29, 1.82) is 0 Å². The molecular formula is C28H44N4O6. The van der Waals surface area contributed by atoms with Crippen molar-refractivity contribution >= 4 is 12.2 Å². The molecule has 2 aliphatic heterocycles. The molecule has 10 heteroatoms. The molecule has 2 fully saturated rings. The number of benzene rings is 1. The third-order valence-corrected chi connectivity index (χ3v) is 7.52. The number of hydroxylamine groups is 4. The van der Waals surface area contributed by atoms with E-state index >= 15 is 0 Å². The highest BCUT2D eigenvalue weighted by Crippen LogP contribution is 2.39. The van der Waals surface area contributed by atoms with Crippen LogP contribution in [0.5, 0.6) is 0 Å². The van der Waals surface area contributed by atoms with Gasteiger partial charge in [0.05, 0.1) is 0 Å². The topological polar surface area (TPSA) is 123 Å². The minimum atomic E-state index is -0.616. The Hall–Kier alpha value is -2.40. The number of hydrogen-bond acceptors (Lipinski definition) is 6. The van der Waals surface area contributed by atoms with Crippen molar-refractivity contribution < 1.29 is 29.5 Å². The lowest BCUT2D eigenvalue weighted by Gasteiger charge is -2.49. The summed E-state index contributed by atoms with van der Waals surface area (Å²) in [5, 5.41) is 32.8. The Bertz CT molecular complexity index is 898. The van der Waals surface area contributed by atoms with Crippen molar-refractivity contribution in [1.82, 2.24) is 20.8 Å². The third-order valence-electron chi connectivity index (χ3n) is 7.52. The molecule has 2 amide bonds. The van der Waals surface area contributed by atoms with E-state index in [9.17, 15) is 20.0 Å². The first-order valence-electron chi connectivity index (χ1n) is 13.3. The number of amides is 2. The van der Waals surface area contributed by atoms with Crippen molar-refractivity contribution in [2.75, 3.05) is 0 Å². The maximum atomic E-state index is 12.5. The lowest BCUT2D eigenvalue weighted by atomic mass is 9.80. The summed E-state index contributed by atoms with van der Waals surface area (Å²) in [6, 6.07) is 7.51. The Morgan fingerprint density at radius 3 is 1.34 bits per heavy atom. The van der Waals surface area contributed by atoms with Gasteiger partial charge in [-0.25, -0.2) is 9.59 Å². The van der Waals surface area contributed by atoms with E-state index in [0.717, 1.165) is 21.3 Å². The average Bonchev–Trinajstić information content (AvgIpc) is 2.78. The van der Waals surface area contributed by atoms with Crippen LogP contribution >= 0.6 is 0 Å². The molecule has 0 atom stereocenters. The quantitative estimate of drug-likeness (QED) is 0.539. The van der Waals surface area contributed by atoms with Gasteiger partial charge in [0.25, 0.3) is 0 Å². The molecule has 3 rings (SSSR count). The SMILES string of the molecule is CC1(C)CC(OC(=O)NCc2cccc(CNC(=O)OC3CC(C)(C)N([O])C(C)(C)C3)c2)CC(C)(C)N1[O]. The predicted molar refractivity (Wildman–Crippen MR) is 140 cm³/mol. The van der Waals surface area contributed by atoms with Crippen molar-refractivity contribution in [3.05, 3.63) is 35.4 Å². The third kappa shape index (κ3) is 7.37. The molecule has 0 saturated carbocycles. The maximum Gasteiger partial charge on any atom is 0.407 e. The van der Waals surface area contributed by atoms with Gasteiger partial charge in [-0.1, -0.05) is 24.3 Å². The highest BCUT2D eigenvalue weighted by molar-refractivity contribution is 5.68. The highest BCUT2D eigenvalue weighted by Gasteiger charge is 2.48. The molecule has 1 aromatic rings. The molecular weight excluding hydrogens is 488 g/mol. The van der Waals surface area contributed by atoms with Gasteiger partial charge >= 0.3 is 12.2 Å². The second-order valence-electron chi connectivity index (χ2n) is 13.2. The molecule has 2 saturated heterocycles. The zero-order valence-corrected chi connectivity index (χ0v) is 24.1. The van der Waals surface area contributed by atoms with Crippen molar-refractivity contribution in [2.45, 2.75) is 129 Å². The maximum absolute atomic E-state index is 12.5. The highest BCUT2D eigenvalue weighted by atomic mass is 16.6. The van der Waals surface area contributed by atoms with Crippen LogP contribution in [0.15, 0.2) is 24.3 Å². The van der Waals surface area contributed by atoms with Crippen LogP contribution in [0.25, 0.3) is 0 Å². The molecule has 2 heterocycles. The van der Waals surface area contributed by atoms with Crippen LogP contribution < -0.4 is 10.6 Å². The number of carbonyl (C=O) groups excluding carboxylic acids is 2. The Morgan fingerprint density at radius 2 is 1.03 bits per heavy atom. The lowest BCUT2D eigenvalue weighted by molar-refractivity contribution is -0.298. The number of rotatable bonds is 6. The predicted octanol–water partition coefficient (Wildman–Crippen LogP) is 4.87. The number of ether oxygens (including phenoxy) is 2. The minimum Gasteiger partial charge on any atom is -0.446 e. The summed E-state index contributed by atoms with van der Waals surface area (Å²) in [6.07, 6.45) is 0.134. The molecule has 10 nitrogen and oxygen atoms in total.